The number of thiophene rings is 1. The molecule has 5 heteroatoms. The van der Waals surface area contributed by atoms with Crippen LogP contribution in [0.3, 0.4) is 0 Å². The highest BCUT2D eigenvalue weighted by Gasteiger charge is 2.30. The molecule has 4 nitrogen and oxygen atoms in total. The topological polar surface area (TPSA) is 40.6 Å². The zero-order valence-corrected chi connectivity index (χ0v) is 21.5. The molecule has 0 unspecified atom stereocenters. The Hall–Kier alpha value is -2.92. The van der Waals surface area contributed by atoms with E-state index in [4.69, 9.17) is 0 Å². The summed E-state index contributed by atoms with van der Waals surface area (Å²) in [5.41, 5.74) is 3.03. The van der Waals surface area contributed by atoms with E-state index in [1.165, 1.54) is 24.8 Å². The molecule has 2 amide bonds. The van der Waals surface area contributed by atoms with Crippen LogP contribution in [0.5, 0.6) is 0 Å². The second kappa shape index (κ2) is 12.7. The van der Waals surface area contributed by atoms with Gasteiger partial charge in [0.2, 0.25) is 5.91 Å². The van der Waals surface area contributed by atoms with Crippen LogP contribution in [0.2, 0.25) is 0 Å². The number of carbonyl (C=O) groups excluding carboxylic acids is 2. The first-order chi connectivity index (χ1) is 17.1. The van der Waals surface area contributed by atoms with E-state index in [2.05, 4.69) is 25.1 Å². The van der Waals surface area contributed by atoms with Crippen LogP contribution in [0, 0.1) is 5.92 Å². The summed E-state index contributed by atoms with van der Waals surface area (Å²) < 4.78 is 0. The predicted molar refractivity (Wildman–Crippen MR) is 143 cm³/mol. The molecule has 0 spiro atoms. The van der Waals surface area contributed by atoms with Crippen LogP contribution < -0.4 is 0 Å². The number of hydrogen-bond acceptors (Lipinski definition) is 3. The number of nitrogens with zero attached hydrogens (tertiary/aromatic N) is 2. The second-order valence-electron chi connectivity index (χ2n) is 9.60. The van der Waals surface area contributed by atoms with E-state index < -0.39 is 0 Å². The number of aryl methyl sites for hydroxylation is 1. The normalized spacial score (nSPS) is 12.9. The summed E-state index contributed by atoms with van der Waals surface area (Å²) >= 11 is 1.66. The summed E-state index contributed by atoms with van der Waals surface area (Å²) in [5.74, 6) is 0.466. The van der Waals surface area contributed by atoms with Crippen molar-refractivity contribution in [3.63, 3.8) is 0 Å². The lowest BCUT2D eigenvalue weighted by Crippen LogP contribution is -2.43. The van der Waals surface area contributed by atoms with Gasteiger partial charge in [-0.1, -0.05) is 68.3 Å². The Morgan fingerprint density at radius 3 is 2.29 bits per heavy atom. The van der Waals surface area contributed by atoms with E-state index in [9.17, 15) is 9.59 Å². The van der Waals surface area contributed by atoms with Crippen molar-refractivity contribution in [2.75, 3.05) is 13.1 Å². The van der Waals surface area contributed by atoms with Crippen molar-refractivity contribution in [3.05, 3.63) is 93.7 Å². The minimum atomic E-state index is -0.0406. The minimum absolute atomic E-state index is 0.00700. The van der Waals surface area contributed by atoms with Gasteiger partial charge in [-0.15, -0.1) is 11.3 Å². The second-order valence-corrected chi connectivity index (χ2v) is 10.6. The van der Waals surface area contributed by atoms with Crippen LogP contribution >= 0.6 is 11.3 Å². The molecule has 3 aromatic rings. The van der Waals surface area contributed by atoms with Crippen molar-refractivity contribution in [1.82, 2.24) is 9.80 Å². The third-order valence-corrected chi connectivity index (χ3v) is 7.42. The number of carbonyl (C=O) groups is 2. The lowest BCUT2D eigenvalue weighted by molar-refractivity contribution is -0.133. The van der Waals surface area contributed by atoms with Crippen LogP contribution in [0.15, 0.2) is 72.1 Å². The highest BCUT2D eigenvalue weighted by Crippen LogP contribution is 2.30. The largest absolute Gasteiger partial charge is 0.332 e. The lowest BCUT2D eigenvalue weighted by atomic mass is 10.0. The van der Waals surface area contributed by atoms with Crippen LogP contribution in [0.25, 0.3) is 0 Å². The predicted octanol–water partition coefficient (Wildman–Crippen LogP) is 6.56. The van der Waals surface area contributed by atoms with Gasteiger partial charge >= 0.3 is 0 Å². The number of unbranched alkanes of at least 4 members (excludes halogenated alkanes) is 2. The molecule has 0 aliphatic heterocycles. The molecule has 4 rings (SSSR count). The molecule has 1 aliphatic carbocycles. The quantitative estimate of drug-likeness (QED) is 0.256. The molecule has 0 radical (unpaired) electrons. The van der Waals surface area contributed by atoms with Crippen LogP contribution in [-0.2, 0) is 24.3 Å². The Morgan fingerprint density at radius 1 is 0.857 bits per heavy atom. The fourth-order valence-corrected chi connectivity index (χ4v) is 5.02. The molecule has 2 aromatic carbocycles. The summed E-state index contributed by atoms with van der Waals surface area (Å²) in [7, 11) is 0. The highest BCUT2D eigenvalue weighted by atomic mass is 32.1. The summed E-state index contributed by atoms with van der Waals surface area (Å²) in [6.45, 7) is 4.07. The van der Waals surface area contributed by atoms with E-state index in [-0.39, 0.29) is 18.4 Å². The van der Waals surface area contributed by atoms with Crippen molar-refractivity contribution in [3.8, 4) is 0 Å². The van der Waals surface area contributed by atoms with Gasteiger partial charge in [0.1, 0.15) is 6.54 Å². The smallest absolute Gasteiger partial charge is 0.254 e. The third kappa shape index (κ3) is 7.79. The molecule has 1 aliphatic rings. The average Bonchev–Trinajstić information content (AvgIpc) is 3.55. The molecule has 0 bridgehead atoms. The molecule has 184 valence electrons. The van der Waals surface area contributed by atoms with Crippen molar-refractivity contribution >= 4 is 23.2 Å². The Morgan fingerprint density at radius 2 is 1.63 bits per heavy atom. The first-order valence-electron chi connectivity index (χ1n) is 12.8. The fourth-order valence-electron chi connectivity index (χ4n) is 4.30. The molecular formula is C30H36N2O2S. The minimum Gasteiger partial charge on any atom is -0.332 e. The van der Waals surface area contributed by atoms with E-state index in [0.717, 1.165) is 29.7 Å². The Labute approximate surface area is 213 Å². The fraction of sp³-hybridized carbons (Fsp3) is 0.400. The maximum Gasteiger partial charge on any atom is 0.254 e. The van der Waals surface area contributed by atoms with Crippen molar-refractivity contribution in [2.24, 2.45) is 5.92 Å². The molecule has 1 saturated carbocycles. The summed E-state index contributed by atoms with van der Waals surface area (Å²) in [5, 5.41) is 2.04. The van der Waals surface area contributed by atoms with Gasteiger partial charge in [0, 0.05) is 23.5 Å². The molecule has 0 saturated heterocycles. The van der Waals surface area contributed by atoms with Crippen LogP contribution in [0.4, 0.5) is 0 Å². The average molecular weight is 489 g/mol. The third-order valence-electron chi connectivity index (χ3n) is 6.55. The molecule has 1 aromatic heterocycles. The van der Waals surface area contributed by atoms with Gasteiger partial charge in [0.15, 0.2) is 0 Å². The summed E-state index contributed by atoms with van der Waals surface area (Å²) in [6.07, 6.45) is 6.92. The zero-order valence-electron chi connectivity index (χ0n) is 20.7. The van der Waals surface area contributed by atoms with Crippen LogP contribution in [-0.4, -0.2) is 34.7 Å². The van der Waals surface area contributed by atoms with E-state index in [1.54, 1.807) is 16.2 Å². The molecule has 0 atom stereocenters. The van der Waals surface area contributed by atoms with Gasteiger partial charge in [-0.25, -0.2) is 0 Å². The van der Waals surface area contributed by atoms with E-state index in [1.807, 2.05) is 58.8 Å². The Kier molecular flexibility index (Phi) is 9.13. The van der Waals surface area contributed by atoms with Crippen molar-refractivity contribution < 1.29 is 9.59 Å². The van der Waals surface area contributed by atoms with Gasteiger partial charge in [-0.3, -0.25) is 9.59 Å². The Bertz CT molecular complexity index is 1060. The molecule has 0 N–H and O–H groups in total. The maximum atomic E-state index is 13.6. The molecule has 1 fully saturated rings. The molecule has 1 heterocycles. The lowest BCUT2D eigenvalue weighted by Gasteiger charge is -2.28. The molecular weight excluding hydrogens is 452 g/mol. The first kappa shape index (κ1) is 25.2. The van der Waals surface area contributed by atoms with Crippen molar-refractivity contribution in [2.45, 2.75) is 58.5 Å². The molecule has 35 heavy (non-hydrogen) atoms. The number of amides is 2. The standard InChI is InChI=1S/C30H36N2O2S/c1-2-3-5-9-24-15-17-27(18-16-24)30(34)32(21-26-13-14-26)23-29(33)31(22-28-12-8-19-35-28)20-25-10-6-4-7-11-25/h4,6-8,10-12,15-19,26H,2-3,5,9,13-14,20-23H2,1H3. The summed E-state index contributed by atoms with van der Waals surface area (Å²) in [4.78, 5) is 31.8. The van der Waals surface area contributed by atoms with Gasteiger partial charge in [-0.05, 0) is 66.3 Å². The van der Waals surface area contributed by atoms with Gasteiger partial charge in [-0.2, -0.15) is 0 Å². The highest BCUT2D eigenvalue weighted by molar-refractivity contribution is 7.09. The maximum absolute atomic E-state index is 13.6. The number of benzene rings is 2. The van der Waals surface area contributed by atoms with Crippen molar-refractivity contribution in [1.29, 1.82) is 0 Å². The van der Waals surface area contributed by atoms with E-state index in [0.29, 0.717) is 31.1 Å². The SMILES string of the molecule is CCCCCc1ccc(C(=O)N(CC(=O)N(Cc2ccccc2)Cc2cccs2)CC2CC2)cc1. The van der Waals surface area contributed by atoms with Crippen LogP contribution in [0.1, 0.15) is 65.4 Å². The van der Waals surface area contributed by atoms with E-state index >= 15 is 0 Å². The number of rotatable bonds is 13. The van der Waals surface area contributed by atoms with Gasteiger partial charge < -0.3 is 9.80 Å². The first-order valence-corrected chi connectivity index (χ1v) is 13.7. The monoisotopic (exact) mass is 488 g/mol. The van der Waals surface area contributed by atoms with Gasteiger partial charge in [0.25, 0.3) is 5.91 Å². The number of hydrogen-bond donors (Lipinski definition) is 0. The Balaban J connectivity index is 1.46. The zero-order chi connectivity index (χ0) is 24.5. The van der Waals surface area contributed by atoms with Gasteiger partial charge in [0.05, 0.1) is 6.54 Å². The summed E-state index contributed by atoms with van der Waals surface area (Å²) in [6, 6.07) is 22.1.